The summed E-state index contributed by atoms with van der Waals surface area (Å²) >= 11 is 0. The fourth-order valence-corrected chi connectivity index (χ4v) is 2.63. The lowest BCUT2D eigenvalue weighted by atomic mass is 10.2. The van der Waals surface area contributed by atoms with Crippen LogP contribution in [0.15, 0.2) is 21.7 Å². The number of alkyl halides is 3. The SMILES string of the molecule is CCCCn1nnnc1Cn1c(=O)c2ccc(C(F)(F)F)nc2n(C)c1=O. The quantitative estimate of drug-likeness (QED) is 0.650. The van der Waals surface area contributed by atoms with Crippen molar-refractivity contribution in [2.24, 2.45) is 7.05 Å². The summed E-state index contributed by atoms with van der Waals surface area (Å²) in [5.74, 6) is 0.307. The molecule has 3 heterocycles. The Morgan fingerprint density at radius 3 is 2.59 bits per heavy atom. The molecule has 27 heavy (non-hydrogen) atoms. The number of tetrazole rings is 1. The summed E-state index contributed by atoms with van der Waals surface area (Å²) in [7, 11) is 1.26. The number of aromatic nitrogens is 7. The molecular weight excluding hydrogens is 367 g/mol. The molecule has 3 aromatic rings. The van der Waals surface area contributed by atoms with Gasteiger partial charge in [0.15, 0.2) is 5.82 Å². The number of pyridine rings is 1. The maximum Gasteiger partial charge on any atom is 0.433 e. The third-order valence-electron chi connectivity index (χ3n) is 4.11. The Labute approximate surface area is 150 Å². The van der Waals surface area contributed by atoms with E-state index in [2.05, 4.69) is 20.5 Å². The molecule has 0 aliphatic rings. The molecule has 0 saturated heterocycles. The molecule has 144 valence electrons. The Bertz CT molecular complexity index is 1100. The molecule has 0 fully saturated rings. The molecule has 12 heteroatoms. The van der Waals surface area contributed by atoms with Crippen molar-refractivity contribution in [3.8, 4) is 0 Å². The van der Waals surface area contributed by atoms with Crippen LogP contribution in [0.1, 0.15) is 31.3 Å². The first kappa shape index (κ1) is 18.7. The van der Waals surface area contributed by atoms with Gasteiger partial charge < -0.3 is 0 Å². The monoisotopic (exact) mass is 383 g/mol. The van der Waals surface area contributed by atoms with Gasteiger partial charge in [0.2, 0.25) is 0 Å². The van der Waals surface area contributed by atoms with Crippen LogP contribution in [0.4, 0.5) is 13.2 Å². The Kier molecular flexibility index (Phi) is 4.81. The number of unbranched alkanes of at least 4 members (excludes halogenated alkanes) is 1. The Hall–Kier alpha value is -3.05. The van der Waals surface area contributed by atoms with Gasteiger partial charge >= 0.3 is 11.9 Å². The van der Waals surface area contributed by atoms with Gasteiger partial charge in [-0.1, -0.05) is 13.3 Å². The highest BCUT2D eigenvalue weighted by molar-refractivity contribution is 5.74. The van der Waals surface area contributed by atoms with E-state index in [1.54, 1.807) is 0 Å². The van der Waals surface area contributed by atoms with Crippen LogP contribution in [-0.4, -0.2) is 34.3 Å². The highest BCUT2D eigenvalue weighted by Gasteiger charge is 2.33. The van der Waals surface area contributed by atoms with E-state index in [0.717, 1.165) is 28.0 Å². The van der Waals surface area contributed by atoms with Gasteiger partial charge in [-0.25, -0.2) is 14.5 Å². The highest BCUT2D eigenvalue weighted by atomic mass is 19.4. The minimum atomic E-state index is -4.68. The van der Waals surface area contributed by atoms with Gasteiger partial charge in [-0.15, -0.1) is 5.10 Å². The van der Waals surface area contributed by atoms with Crippen molar-refractivity contribution in [3.63, 3.8) is 0 Å². The number of nitrogens with zero attached hydrogens (tertiary/aromatic N) is 7. The Morgan fingerprint density at radius 2 is 1.93 bits per heavy atom. The lowest BCUT2D eigenvalue weighted by Crippen LogP contribution is -2.40. The van der Waals surface area contributed by atoms with Crippen molar-refractivity contribution < 1.29 is 13.2 Å². The number of rotatable bonds is 5. The van der Waals surface area contributed by atoms with Crippen molar-refractivity contribution in [1.82, 2.24) is 34.3 Å². The zero-order valence-corrected chi connectivity index (χ0v) is 14.6. The van der Waals surface area contributed by atoms with Gasteiger partial charge in [0.05, 0.1) is 11.9 Å². The molecule has 0 aliphatic carbocycles. The lowest BCUT2D eigenvalue weighted by Gasteiger charge is -2.12. The highest BCUT2D eigenvalue weighted by Crippen LogP contribution is 2.28. The van der Waals surface area contributed by atoms with E-state index in [1.165, 1.54) is 11.7 Å². The van der Waals surface area contributed by atoms with Crippen molar-refractivity contribution in [2.75, 3.05) is 0 Å². The molecule has 9 nitrogen and oxygen atoms in total. The molecule has 0 aliphatic heterocycles. The fourth-order valence-electron chi connectivity index (χ4n) is 2.63. The number of halogens is 3. The molecule has 0 N–H and O–H groups in total. The van der Waals surface area contributed by atoms with Crippen LogP contribution < -0.4 is 11.2 Å². The molecule has 0 unspecified atom stereocenters. The zero-order chi connectivity index (χ0) is 19.8. The fraction of sp³-hybridized carbons (Fsp3) is 0.467. The summed E-state index contributed by atoms with van der Waals surface area (Å²) < 4.78 is 41.9. The average molecular weight is 383 g/mol. The van der Waals surface area contributed by atoms with Crippen LogP contribution in [-0.2, 0) is 26.3 Å². The standard InChI is InChI=1S/C15H16F3N7O2/c1-3-4-7-25-11(20-21-22-25)8-24-13(26)9-5-6-10(15(16,17)18)19-12(9)23(2)14(24)27/h5-6H,3-4,7-8H2,1-2H3. The maximum atomic E-state index is 12.9. The average Bonchev–Trinajstić information content (AvgIpc) is 3.07. The van der Waals surface area contributed by atoms with Crippen molar-refractivity contribution in [2.45, 2.75) is 39.0 Å². The zero-order valence-electron chi connectivity index (χ0n) is 14.6. The second kappa shape index (κ2) is 6.93. The predicted octanol–water partition coefficient (Wildman–Crippen LogP) is 0.949. The van der Waals surface area contributed by atoms with Crippen LogP contribution in [0.5, 0.6) is 0 Å². The van der Waals surface area contributed by atoms with E-state index in [4.69, 9.17) is 0 Å². The molecule has 0 spiro atoms. The van der Waals surface area contributed by atoms with Crippen molar-refractivity contribution in [1.29, 1.82) is 0 Å². The molecule has 3 rings (SSSR count). The maximum absolute atomic E-state index is 12.9. The van der Waals surface area contributed by atoms with Gasteiger partial charge in [0.25, 0.3) is 5.56 Å². The van der Waals surface area contributed by atoms with E-state index in [1.807, 2.05) is 6.92 Å². The second-order valence-electron chi connectivity index (χ2n) is 5.97. The van der Waals surface area contributed by atoms with E-state index < -0.39 is 23.1 Å². The third-order valence-corrected chi connectivity index (χ3v) is 4.11. The topological polar surface area (TPSA) is 100 Å². The largest absolute Gasteiger partial charge is 0.433 e. The summed E-state index contributed by atoms with van der Waals surface area (Å²) in [5, 5.41) is 11.1. The van der Waals surface area contributed by atoms with Gasteiger partial charge in [0, 0.05) is 13.6 Å². The summed E-state index contributed by atoms with van der Waals surface area (Å²) in [6.07, 6.45) is -2.96. The van der Waals surface area contributed by atoms with Gasteiger partial charge in [0.1, 0.15) is 11.3 Å². The molecule has 3 aromatic heterocycles. The smallest absolute Gasteiger partial charge is 0.280 e. The minimum Gasteiger partial charge on any atom is -0.280 e. The molecule has 0 atom stereocenters. The predicted molar refractivity (Wildman–Crippen MR) is 88.1 cm³/mol. The van der Waals surface area contributed by atoms with E-state index >= 15 is 0 Å². The summed E-state index contributed by atoms with van der Waals surface area (Å²) in [6, 6.07) is 1.73. The summed E-state index contributed by atoms with van der Waals surface area (Å²) in [5.41, 5.74) is -3.06. The molecule has 0 bridgehead atoms. The normalized spacial score (nSPS) is 12.0. The van der Waals surface area contributed by atoms with Crippen LogP contribution in [0.2, 0.25) is 0 Å². The van der Waals surface area contributed by atoms with Crippen LogP contribution in [0.25, 0.3) is 11.0 Å². The van der Waals surface area contributed by atoms with E-state index in [-0.39, 0.29) is 17.6 Å². The molecule has 0 aromatic carbocycles. The van der Waals surface area contributed by atoms with Gasteiger partial charge in [-0.05, 0) is 29.0 Å². The first-order valence-corrected chi connectivity index (χ1v) is 8.17. The van der Waals surface area contributed by atoms with Crippen LogP contribution >= 0.6 is 0 Å². The first-order chi connectivity index (χ1) is 12.7. The second-order valence-corrected chi connectivity index (χ2v) is 5.97. The van der Waals surface area contributed by atoms with Crippen LogP contribution in [0, 0.1) is 0 Å². The first-order valence-electron chi connectivity index (χ1n) is 8.17. The summed E-state index contributed by atoms with van der Waals surface area (Å²) in [6.45, 7) is 2.33. The number of hydrogen-bond donors (Lipinski definition) is 0. The minimum absolute atomic E-state index is 0.0994. The Morgan fingerprint density at radius 1 is 1.19 bits per heavy atom. The van der Waals surface area contributed by atoms with E-state index in [9.17, 15) is 22.8 Å². The molecular formula is C15H16F3N7O2. The molecule has 0 radical (unpaired) electrons. The third kappa shape index (κ3) is 3.46. The van der Waals surface area contributed by atoms with Crippen LogP contribution in [0.3, 0.4) is 0 Å². The number of fused-ring (bicyclic) bond motifs is 1. The molecule has 0 amide bonds. The number of hydrogen-bond acceptors (Lipinski definition) is 6. The van der Waals surface area contributed by atoms with E-state index in [0.29, 0.717) is 18.4 Å². The van der Waals surface area contributed by atoms with Crippen molar-refractivity contribution >= 4 is 11.0 Å². The summed E-state index contributed by atoms with van der Waals surface area (Å²) in [4.78, 5) is 28.7. The lowest BCUT2D eigenvalue weighted by molar-refractivity contribution is -0.141. The Balaban J connectivity index is 2.12. The van der Waals surface area contributed by atoms with Gasteiger partial charge in [-0.2, -0.15) is 13.2 Å². The van der Waals surface area contributed by atoms with Crippen molar-refractivity contribution in [3.05, 3.63) is 44.5 Å². The number of aryl methyl sites for hydroxylation is 2. The van der Waals surface area contributed by atoms with Gasteiger partial charge in [-0.3, -0.25) is 13.9 Å². The molecule has 0 saturated carbocycles.